The average Bonchev–Trinajstić information content (AvgIpc) is 3.14. The van der Waals surface area contributed by atoms with Gasteiger partial charge in [0.2, 0.25) is 5.91 Å². The number of nitrogens with zero attached hydrogens (tertiary/aromatic N) is 2. The number of hydrogen-bond acceptors (Lipinski definition) is 4. The molecule has 0 radical (unpaired) electrons. The molecular formula is C20H32N4O3. The highest BCUT2D eigenvalue weighted by atomic mass is 16.5. The zero-order valence-electron chi connectivity index (χ0n) is 16.7. The van der Waals surface area contributed by atoms with Crippen LogP contribution in [0.1, 0.15) is 18.9 Å². The molecule has 1 aliphatic heterocycles. The lowest BCUT2D eigenvalue weighted by atomic mass is 10.1. The molecule has 1 aromatic carbocycles. The van der Waals surface area contributed by atoms with Crippen molar-refractivity contribution in [3.05, 3.63) is 29.8 Å². The molecule has 2 rings (SSSR count). The number of carbonyl (C=O) groups is 1. The SMILES string of the molecule is CCc1cccc(NC(=O)CNC(=NC)N2CCC(COCCOC)C2)c1. The number of benzene rings is 1. The van der Waals surface area contributed by atoms with Gasteiger partial charge in [-0.15, -0.1) is 0 Å². The summed E-state index contributed by atoms with van der Waals surface area (Å²) in [4.78, 5) is 18.7. The Balaban J connectivity index is 1.74. The number of guanidine groups is 1. The predicted octanol–water partition coefficient (Wildman–Crippen LogP) is 1.75. The summed E-state index contributed by atoms with van der Waals surface area (Å²) in [6.07, 6.45) is 2.00. The lowest BCUT2D eigenvalue weighted by Crippen LogP contribution is -2.43. The predicted molar refractivity (Wildman–Crippen MR) is 108 cm³/mol. The first-order chi connectivity index (χ1) is 13.2. The van der Waals surface area contributed by atoms with E-state index < -0.39 is 0 Å². The van der Waals surface area contributed by atoms with Crippen LogP contribution in [0.15, 0.2) is 29.3 Å². The molecule has 7 heteroatoms. The summed E-state index contributed by atoms with van der Waals surface area (Å²) in [5.41, 5.74) is 2.03. The summed E-state index contributed by atoms with van der Waals surface area (Å²) >= 11 is 0. The minimum absolute atomic E-state index is 0.0805. The van der Waals surface area contributed by atoms with Crippen LogP contribution in [-0.2, 0) is 20.7 Å². The highest BCUT2D eigenvalue weighted by Gasteiger charge is 2.25. The van der Waals surface area contributed by atoms with Crippen LogP contribution in [0.4, 0.5) is 5.69 Å². The second kappa shape index (κ2) is 11.6. The normalized spacial score (nSPS) is 17.2. The zero-order chi connectivity index (χ0) is 19.5. The van der Waals surface area contributed by atoms with Gasteiger partial charge in [0.1, 0.15) is 0 Å². The van der Waals surface area contributed by atoms with Gasteiger partial charge in [-0.25, -0.2) is 0 Å². The monoisotopic (exact) mass is 376 g/mol. The Morgan fingerprint density at radius 3 is 2.96 bits per heavy atom. The van der Waals surface area contributed by atoms with Crippen molar-refractivity contribution >= 4 is 17.6 Å². The number of carbonyl (C=O) groups excluding carboxylic acids is 1. The molecule has 1 atom stereocenters. The van der Waals surface area contributed by atoms with E-state index in [1.54, 1.807) is 14.2 Å². The number of rotatable bonds is 9. The van der Waals surface area contributed by atoms with E-state index in [9.17, 15) is 4.79 Å². The van der Waals surface area contributed by atoms with Gasteiger partial charge in [-0.2, -0.15) is 0 Å². The van der Waals surface area contributed by atoms with E-state index in [-0.39, 0.29) is 12.5 Å². The maximum absolute atomic E-state index is 12.2. The van der Waals surface area contributed by atoms with Crippen molar-refractivity contribution in [2.75, 3.05) is 58.9 Å². The molecule has 1 aliphatic rings. The van der Waals surface area contributed by atoms with E-state index in [0.717, 1.165) is 44.2 Å². The number of methoxy groups -OCH3 is 1. The van der Waals surface area contributed by atoms with Gasteiger partial charge in [0.25, 0.3) is 0 Å². The van der Waals surface area contributed by atoms with Crippen molar-refractivity contribution in [3.63, 3.8) is 0 Å². The number of ether oxygens (including phenoxy) is 2. The molecule has 0 aliphatic carbocycles. The number of amides is 1. The summed E-state index contributed by atoms with van der Waals surface area (Å²) in [6, 6.07) is 7.92. The van der Waals surface area contributed by atoms with Gasteiger partial charge >= 0.3 is 0 Å². The maximum atomic E-state index is 12.2. The number of anilines is 1. The van der Waals surface area contributed by atoms with E-state index in [2.05, 4.69) is 33.5 Å². The number of likely N-dealkylation sites (tertiary alicyclic amines) is 1. The lowest BCUT2D eigenvalue weighted by molar-refractivity contribution is -0.115. The summed E-state index contributed by atoms with van der Waals surface area (Å²) < 4.78 is 10.6. The van der Waals surface area contributed by atoms with Crippen LogP contribution in [0.3, 0.4) is 0 Å². The van der Waals surface area contributed by atoms with Gasteiger partial charge in [0, 0.05) is 38.9 Å². The van der Waals surface area contributed by atoms with Gasteiger partial charge in [-0.1, -0.05) is 19.1 Å². The number of hydrogen-bond donors (Lipinski definition) is 2. The highest BCUT2D eigenvalue weighted by molar-refractivity contribution is 5.95. The summed E-state index contributed by atoms with van der Waals surface area (Å²) in [7, 11) is 3.42. The van der Waals surface area contributed by atoms with Gasteiger partial charge in [0.05, 0.1) is 26.4 Å². The average molecular weight is 377 g/mol. The van der Waals surface area contributed by atoms with Crippen molar-refractivity contribution < 1.29 is 14.3 Å². The van der Waals surface area contributed by atoms with E-state index in [1.807, 2.05) is 18.2 Å². The molecule has 1 amide bonds. The Labute approximate surface area is 162 Å². The van der Waals surface area contributed by atoms with E-state index in [0.29, 0.717) is 19.1 Å². The van der Waals surface area contributed by atoms with Gasteiger partial charge in [0.15, 0.2) is 5.96 Å². The number of aliphatic imine (C=N–C) groups is 1. The minimum Gasteiger partial charge on any atom is -0.382 e. The summed E-state index contributed by atoms with van der Waals surface area (Å²) in [5, 5.41) is 6.09. The second-order valence-electron chi connectivity index (χ2n) is 6.67. The van der Waals surface area contributed by atoms with Crippen molar-refractivity contribution in [1.29, 1.82) is 0 Å². The minimum atomic E-state index is -0.0805. The fourth-order valence-electron chi connectivity index (χ4n) is 3.12. The molecule has 1 fully saturated rings. The van der Waals surface area contributed by atoms with Crippen LogP contribution >= 0.6 is 0 Å². The molecule has 150 valence electrons. The van der Waals surface area contributed by atoms with Gasteiger partial charge in [-0.3, -0.25) is 9.79 Å². The summed E-state index contributed by atoms with van der Waals surface area (Å²) in [6.45, 7) is 6.05. The van der Waals surface area contributed by atoms with Crippen LogP contribution in [0, 0.1) is 5.92 Å². The molecule has 0 saturated carbocycles. The third kappa shape index (κ3) is 7.19. The standard InChI is InChI=1S/C20H32N4O3/c1-4-16-6-5-7-18(12-16)23-19(25)13-22-20(21-2)24-9-8-17(14-24)15-27-11-10-26-3/h5-7,12,17H,4,8-11,13-15H2,1-3H3,(H,21,22)(H,23,25). The molecule has 0 spiro atoms. The Hall–Kier alpha value is -2.12. The van der Waals surface area contributed by atoms with Gasteiger partial charge in [-0.05, 0) is 30.5 Å². The van der Waals surface area contributed by atoms with E-state index in [4.69, 9.17) is 9.47 Å². The van der Waals surface area contributed by atoms with Crippen LogP contribution < -0.4 is 10.6 Å². The van der Waals surface area contributed by atoms with E-state index >= 15 is 0 Å². The first kappa shape index (κ1) is 21.2. The Morgan fingerprint density at radius 2 is 2.22 bits per heavy atom. The third-order valence-corrected chi connectivity index (χ3v) is 4.61. The van der Waals surface area contributed by atoms with Crippen LogP contribution in [-0.4, -0.2) is 70.4 Å². The Kier molecular flexibility index (Phi) is 9.07. The van der Waals surface area contributed by atoms with Crippen molar-refractivity contribution in [2.24, 2.45) is 10.9 Å². The number of aryl methyl sites for hydroxylation is 1. The smallest absolute Gasteiger partial charge is 0.243 e. The second-order valence-corrected chi connectivity index (χ2v) is 6.67. The quantitative estimate of drug-likeness (QED) is 0.390. The molecular weight excluding hydrogens is 344 g/mol. The molecule has 1 saturated heterocycles. The third-order valence-electron chi connectivity index (χ3n) is 4.61. The van der Waals surface area contributed by atoms with Crippen molar-refractivity contribution in [2.45, 2.75) is 19.8 Å². The Morgan fingerprint density at radius 1 is 1.37 bits per heavy atom. The van der Waals surface area contributed by atoms with Crippen LogP contribution in [0.5, 0.6) is 0 Å². The lowest BCUT2D eigenvalue weighted by Gasteiger charge is -2.21. The van der Waals surface area contributed by atoms with Crippen molar-refractivity contribution in [1.82, 2.24) is 10.2 Å². The van der Waals surface area contributed by atoms with Crippen LogP contribution in [0.2, 0.25) is 0 Å². The van der Waals surface area contributed by atoms with E-state index in [1.165, 1.54) is 5.56 Å². The molecule has 7 nitrogen and oxygen atoms in total. The summed E-state index contributed by atoms with van der Waals surface area (Å²) in [5.74, 6) is 1.15. The first-order valence-electron chi connectivity index (χ1n) is 9.57. The molecule has 2 N–H and O–H groups in total. The Bertz CT molecular complexity index is 621. The molecule has 1 heterocycles. The number of nitrogens with one attached hydrogen (secondary N) is 2. The molecule has 0 bridgehead atoms. The molecule has 0 aromatic heterocycles. The zero-order valence-corrected chi connectivity index (χ0v) is 16.7. The topological polar surface area (TPSA) is 75.2 Å². The fraction of sp³-hybridized carbons (Fsp3) is 0.600. The van der Waals surface area contributed by atoms with Crippen LogP contribution in [0.25, 0.3) is 0 Å². The van der Waals surface area contributed by atoms with Crippen molar-refractivity contribution in [3.8, 4) is 0 Å². The largest absolute Gasteiger partial charge is 0.382 e. The molecule has 1 aromatic rings. The fourth-order valence-corrected chi connectivity index (χ4v) is 3.12. The maximum Gasteiger partial charge on any atom is 0.243 e. The van der Waals surface area contributed by atoms with Gasteiger partial charge < -0.3 is 25.0 Å². The highest BCUT2D eigenvalue weighted by Crippen LogP contribution is 2.16. The first-order valence-corrected chi connectivity index (χ1v) is 9.57. The molecule has 27 heavy (non-hydrogen) atoms. The molecule has 1 unspecified atom stereocenters.